The zero-order chi connectivity index (χ0) is 20.2. The molecule has 2 fully saturated rings. The molecule has 0 bridgehead atoms. The molecule has 2 aliphatic heterocycles. The van der Waals surface area contributed by atoms with Crippen LogP contribution in [0.1, 0.15) is 19.8 Å². The van der Waals surface area contributed by atoms with Crippen LogP contribution < -0.4 is 9.64 Å². The summed E-state index contributed by atoms with van der Waals surface area (Å²) in [6.45, 7) is 8.41. The van der Waals surface area contributed by atoms with Crippen LogP contribution in [0.3, 0.4) is 0 Å². The fourth-order valence-corrected chi connectivity index (χ4v) is 4.05. The third kappa shape index (κ3) is 4.37. The second kappa shape index (κ2) is 8.82. The number of ether oxygens (including phenoxy) is 1. The minimum atomic E-state index is 0.100. The number of piperazine rings is 1. The summed E-state index contributed by atoms with van der Waals surface area (Å²) in [5.74, 6) is 1.69. The third-order valence-electron chi connectivity index (χ3n) is 6.00. The van der Waals surface area contributed by atoms with Crippen molar-refractivity contribution in [1.82, 2.24) is 20.0 Å². The highest BCUT2D eigenvalue weighted by Gasteiger charge is 2.31. The summed E-state index contributed by atoms with van der Waals surface area (Å²) in [6, 6.07) is 8.07. The maximum atomic E-state index is 12.9. The van der Waals surface area contributed by atoms with Crippen LogP contribution in [0.15, 0.2) is 28.7 Å². The van der Waals surface area contributed by atoms with Crippen molar-refractivity contribution in [1.29, 1.82) is 0 Å². The summed E-state index contributed by atoms with van der Waals surface area (Å²) < 4.78 is 11.1. The highest BCUT2D eigenvalue weighted by Crippen LogP contribution is 2.27. The number of hydrogen-bond donors (Lipinski definition) is 0. The molecule has 1 aromatic carbocycles. The van der Waals surface area contributed by atoms with Crippen molar-refractivity contribution in [2.24, 2.45) is 5.92 Å². The molecule has 0 unspecified atom stereocenters. The maximum Gasteiger partial charge on any atom is 0.318 e. The van der Waals surface area contributed by atoms with E-state index in [1.54, 1.807) is 7.11 Å². The molecule has 0 aliphatic carbocycles. The zero-order valence-corrected chi connectivity index (χ0v) is 17.2. The molecule has 0 spiro atoms. The van der Waals surface area contributed by atoms with Crippen LogP contribution in [0, 0.1) is 5.92 Å². The van der Waals surface area contributed by atoms with Crippen LogP contribution in [0.25, 0.3) is 11.5 Å². The van der Waals surface area contributed by atoms with Gasteiger partial charge in [0, 0.05) is 50.7 Å². The van der Waals surface area contributed by atoms with Gasteiger partial charge in [-0.1, -0.05) is 12.0 Å². The van der Waals surface area contributed by atoms with Gasteiger partial charge in [-0.3, -0.25) is 4.79 Å². The van der Waals surface area contributed by atoms with Gasteiger partial charge in [0.1, 0.15) is 5.75 Å². The molecular formula is C21H29N5O3. The second-order valence-electron chi connectivity index (χ2n) is 7.64. The van der Waals surface area contributed by atoms with Gasteiger partial charge in [-0.2, -0.15) is 0 Å². The van der Waals surface area contributed by atoms with E-state index in [0.29, 0.717) is 17.8 Å². The lowest BCUT2D eigenvalue weighted by Gasteiger charge is -2.38. The lowest BCUT2D eigenvalue weighted by molar-refractivity contribution is -0.138. The molecule has 29 heavy (non-hydrogen) atoms. The Morgan fingerprint density at radius 3 is 2.38 bits per heavy atom. The summed E-state index contributed by atoms with van der Waals surface area (Å²) in [4.78, 5) is 19.4. The van der Waals surface area contributed by atoms with Gasteiger partial charge in [0.25, 0.3) is 0 Å². The first kappa shape index (κ1) is 19.7. The van der Waals surface area contributed by atoms with E-state index in [-0.39, 0.29) is 5.92 Å². The van der Waals surface area contributed by atoms with Crippen LogP contribution in [-0.2, 0) is 4.79 Å². The van der Waals surface area contributed by atoms with E-state index < -0.39 is 0 Å². The molecule has 1 amide bonds. The zero-order valence-electron chi connectivity index (χ0n) is 17.2. The first-order chi connectivity index (χ1) is 14.2. The van der Waals surface area contributed by atoms with Crippen molar-refractivity contribution < 1.29 is 13.9 Å². The normalized spacial score (nSPS) is 18.8. The smallest absolute Gasteiger partial charge is 0.318 e. The predicted molar refractivity (Wildman–Crippen MR) is 110 cm³/mol. The largest absolute Gasteiger partial charge is 0.497 e. The van der Waals surface area contributed by atoms with E-state index in [2.05, 4.69) is 26.9 Å². The molecule has 0 atom stereocenters. The van der Waals surface area contributed by atoms with Crippen molar-refractivity contribution in [2.45, 2.75) is 19.8 Å². The van der Waals surface area contributed by atoms with Crippen molar-refractivity contribution in [2.75, 3.05) is 57.8 Å². The number of anilines is 1. The average molecular weight is 399 g/mol. The van der Waals surface area contributed by atoms with Gasteiger partial charge in [0.2, 0.25) is 11.8 Å². The Morgan fingerprint density at radius 2 is 1.76 bits per heavy atom. The van der Waals surface area contributed by atoms with Crippen LogP contribution in [0.2, 0.25) is 0 Å². The Kier molecular flexibility index (Phi) is 5.99. The summed E-state index contributed by atoms with van der Waals surface area (Å²) in [6.07, 6.45) is 1.65. The molecule has 156 valence electrons. The minimum Gasteiger partial charge on any atom is -0.497 e. The number of hydrogen-bond acceptors (Lipinski definition) is 7. The van der Waals surface area contributed by atoms with E-state index in [9.17, 15) is 4.79 Å². The van der Waals surface area contributed by atoms with Crippen molar-refractivity contribution in [3.05, 3.63) is 24.3 Å². The Hall–Kier alpha value is -2.61. The highest BCUT2D eigenvalue weighted by atomic mass is 16.5. The van der Waals surface area contributed by atoms with Crippen molar-refractivity contribution in [3.8, 4) is 17.2 Å². The van der Waals surface area contributed by atoms with E-state index in [4.69, 9.17) is 9.15 Å². The Labute approximate surface area is 171 Å². The van der Waals surface area contributed by atoms with Gasteiger partial charge in [-0.25, -0.2) is 0 Å². The quantitative estimate of drug-likeness (QED) is 0.762. The molecule has 0 saturated carbocycles. The molecule has 2 aromatic rings. The molecule has 2 saturated heterocycles. The number of benzene rings is 1. The SMILES string of the molecule is CCN1CCN(C(=O)C2CCN(c3nnc(-c4ccc(OC)cc4)o3)CC2)CC1. The van der Waals surface area contributed by atoms with Crippen LogP contribution in [0.5, 0.6) is 5.75 Å². The molecule has 8 heteroatoms. The second-order valence-corrected chi connectivity index (χ2v) is 7.64. The summed E-state index contributed by atoms with van der Waals surface area (Å²) in [7, 11) is 1.64. The standard InChI is InChI=1S/C21H29N5O3/c1-3-24-12-14-25(15-13-24)20(27)17-8-10-26(11-9-17)21-23-22-19(29-21)16-4-6-18(28-2)7-5-16/h4-7,17H,3,8-15H2,1-2H3. The number of rotatable bonds is 5. The van der Waals surface area contributed by atoms with Gasteiger partial charge in [0.05, 0.1) is 7.11 Å². The number of likely N-dealkylation sites (N-methyl/N-ethyl adjacent to an activating group) is 1. The van der Waals surface area contributed by atoms with Gasteiger partial charge in [-0.15, -0.1) is 5.10 Å². The number of methoxy groups -OCH3 is 1. The van der Waals surface area contributed by atoms with Gasteiger partial charge in [0.15, 0.2) is 0 Å². The first-order valence-corrected chi connectivity index (χ1v) is 10.4. The van der Waals surface area contributed by atoms with E-state index in [0.717, 1.165) is 70.0 Å². The van der Waals surface area contributed by atoms with E-state index >= 15 is 0 Å². The summed E-state index contributed by atoms with van der Waals surface area (Å²) in [5, 5.41) is 8.39. The number of carbonyl (C=O) groups is 1. The highest BCUT2D eigenvalue weighted by molar-refractivity contribution is 5.79. The third-order valence-corrected chi connectivity index (χ3v) is 6.00. The van der Waals surface area contributed by atoms with Gasteiger partial charge < -0.3 is 23.9 Å². The van der Waals surface area contributed by atoms with Crippen LogP contribution >= 0.6 is 0 Å². The number of nitrogens with zero attached hydrogens (tertiary/aromatic N) is 5. The molecule has 0 N–H and O–H groups in total. The average Bonchev–Trinajstić information content (AvgIpc) is 3.29. The number of aromatic nitrogens is 2. The predicted octanol–water partition coefficient (Wildman–Crippen LogP) is 2.13. The van der Waals surface area contributed by atoms with Gasteiger partial charge in [-0.05, 0) is 43.7 Å². The first-order valence-electron chi connectivity index (χ1n) is 10.4. The van der Waals surface area contributed by atoms with Crippen LogP contribution in [0.4, 0.5) is 6.01 Å². The summed E-state index contributed by atoms with van der Waals surface area (Å²) in [5.41, 5.74) is 0.862. The van der Waals surface area contributed by atoms with Gasteiger partial charge >= 0.3 is 6.01 Å². The fraction of sp³-hybridized carbons (Fsp3) is 0.571. The number of amides is 1. The lowest BCUT2D eigenvalue weighted by atomic mass is 9.95. The summed E-state index contributed by atoms with van der Waals surface area (Å²) >= 11 is 0. The molecule has 0 radical (unpaired) electrons. The van der Waals surface area contributed by atoms with Crippen molar-refractivity contribution in [3.63, 3.8) is 0 Å². The fourth-order valence-electron chi connectivity index (χ4n) is 4.05. The topological polar surface area (TPSA) is 74.9 Å². The monoisotopic (exact) mass is 399 g/mol. The maximum absolute atomic E-state index is 12.9. The molecule has 2 aliphatic rings. The van der Waals surface area contributed by atoms with E-state index in [1.807, 2.05) is 29.2 Å². The van der Waals surface area contributed by atoms with Crippen LogP contribution in [-0.4, -0.2) is 78.8 Å². The Balaban J connectivity index is 1.31. The number of piperidine rings is 1. The Morgan fingerprint density at radius 1 is 1.07 bits per heavy atom. The molecule has 1 aromatic heterocycles. The lowest BCUT2D eigenvalue weighted by Crippen LogP contribution is -2.51. The Bertz CT molecular complexity index is 806. The molecular weight excluding hydrogens is 370 g/mol. The van der Waals surface area contributed by atoms with Crippen molar-refractivity contribution >= 4 is 11.9 Å². The minimum absolute atomic E-state index is 0.100. The number of carbonyl (C=O) groups excluding carboxylic acids is 1. The van der Waals surface area contributed by atoms with E-state index in [1.165, 1.54) is 0 Å². The molecule has 4 rings (SSSR count). The molecule has 3 heterocycles. The molecule has 8 nitrogen and oxygen atoms in total.